The van der Waals surface area contributed by atoms with Gasteiger partial charge in [0.05, 0.1) is 0 Å². The van der Waals surface area contributed by atoms with Gasteiger partial charge in [-0.3, -0.25) is 4.79 Å². The summed E-state index contributed by atoms with van der Waals surface area (Å²) >= 11 is 0. The number of carboxylic acid groups (broad SMARTS) is 1. The molecule has 2 unspecified atom stereocenters. The van der Waals surface area contributed by atoms with Crippen molar-refractivity contribution in [2.75, 3.05) is 13.2 Å². The minimum atomic E-state index is -0.945. The van der Waals surface area contributed by atoms with Crippen LogP contribution in [0.3, 0.4) is 0 Å². The minimum absolute atomic E-state index is 0.0263. The molecule has 1 N–H and O–H groups in total. The molecule has 1 fully saturated rings. The number of rotatable bonds is 5. The van der Waals surface area contributed by atoms with Gasteiger partial charge in [-0.05, 0) is 36.6 Å². The lowest BCUT2D eigenvalue weighted by atomic mass is 10.0. The smallest absolute Gasteiger partial charge is 0.326 e. The molecule has 1 aliphatic heterocycles. The predicted octanol–water partition coefficient (Wildman–Crippen LogP) is 2.19. The highest BCUT2D eigenvalue weighted by Crippen LogP contribution is 2.26. The van der Waals surface area contributed by atoms with Crippen molar-refractivity contribution in [1.82, 2.24) is 4.90 Å². The zero-order valence-electron chi connectivity index (χ0n) is 12.0. The number of hydrogen-bond acceptors (Lipinski definition) is 3. The summed E-state index contributed by atoms with van der Waals surface area (Å²) in [6.07, 6.45) is 2.35. The van der Waals surface area contributed by atoms with E-state index >= 15 is 0 Å². The van der Waals surface area contributed by atoms with Crippen LogP contribution in [0.25, 0.3) is 0 Å². The van der Waals surface area contributed by atoms with Gasteiger partial charge >= 0.3 is 5.97 Å². The highest BCUT2D eigenvalue weighted by molar-refractivity contribution is 5.97. The van der Waals surface area contributed by atoms with Crippen LogP contribution in [0.2, 0.25) is 0 Å². The number of carbonyl (C=O) groups excluding carboxylic acids is 1. The molecular formula is C16H19NO4. The fourth-order valence-electron chi connectivity index (χ4n) is 2.57. The first-order chi connectivity index (χ1) is 10.0. The van der Waals surface area contributed by atoms with Gasteiger partial charge < -0.3 is 14.7 Å². The van der Waals surface area contributed by atoms with Crippen molar-refractivity contribution in [2.45, 2.75) is 19.4 Å². The van der Waals surface area contributed by atoms with E-state index in [2.05, 4.69) is 6.58 Å². The first-order valence-electron chi connectivity index (χ1n) is 6.92. The van der Waals surface area contributed by atoms with E-state index in [1.54, 1.807) is 30.3 Å². The van der Waals surface area contributed by atoms with Gasteiger partial charge in [-0.15, -0.1) is 0 Å². The molecule has 1 aromatic rings. The molecule has 1 aliphatic rings. The van der Waals surface area contributed by atoms with Crippen LogP contribution in [-0.2, 0) is 4.79 Å². The Hall–Kier alpha value is -2.30. The Labute approximate surface area is 123 Å². The Morgan fingerprint density at radius 2 is 2.10 bits per heavy atom. The summed E-state index contributed by atoms with van der Waals surface area (Å²) in [6.45, 7) is 6.30. The average Bonchev–Trinajstić information content (AvgIpc) is 2.87. The molecule has 0 aromatic heterocycles. The second kappa shape index (κ2) is 6.43. The van der Waals surface area contributed by atoms with Crippen molar-refractivity contribution in [1.29, 1.82) is 0 Å². The summed E-state index contributed by atoms with van der Waals surface area (Å²) in [4.78, 5) is 25.2. The van der Waals surface area contributed by atoms with E-state index in [1.165, 1.54) is 4.90 Å². The van der Waals surface area contributed by atoms with E-state index in [4.69, 9.17) is 4.74 Å². The van der Waals surface area contributed by atoms with Crippen molar-refractivity contribution < 1.29 is 19.4 Å². The zero-order valence-corrected chi connectivity index (χ0v) is 12.0. The van der Waals surface area contributed by atoms with Crippen LogP contribution < -0.4 is 4.74 Å². The van der Waals surface area contributed by atoms with Crippen LogP contribution in [-0.4, -0.2) is 41.1 Å². The maximum atomic E-state index is 12.4. The fraction of sp³-hybridized carbons (Fsp3) is 0.375. The van der Waals surface area contributed by atoms with Gasteiger partial charge in [0.2, 0.25) is 0 Å². The predicted molar refractivity (Wildman–Crippen MR) is 78.4 cm³/mol. The zero-order chi connectivity index (χ0) is 15.4. The van der Waals surface area contributed by atoms with Crippen LogP contribution in [0.5, 0.6) is 5.75 Å². The van der Waals surface area contributed by atoms with Gasteiger partial charge in [-0.1, -0.05) is 19.6 Å². The molecule has 0 saturated carbocycles. The molecule has 21 heavy (non-hydrogen) atoms. The fourth-order valence-corrected chi connectivity index (χ4v) is 2.57. The molecule has 0 radical (unpaired) electrons. The van der Waals surface area contributed by atoms with Crippen LogP contribution >= 0.6 is 0 Å². The lowest BCUT2D eigenvalue weighted by molar-refractivity contribution is -0.142. The Bertz CT molecular complexity index is 538. The maximum absolute atomic E-state index is 12.4. The van der Waals surface area contributed by atoms with Crippen molar-refractivity contribution in [2.24, 2.45) is 5.92 Å². The number of likely N-dealkylation sites (tertiary alicyclic amines) is 1. The molecule has 0 spiro atoms. The van der Waals surface area contributed by atoms with Gasteiger partial charge in [-0.25, -0.2) is 4.79 Å². The van der Waals surface area contributed by atoms with Gasteiger partial charge in [0.25, 0.3) is 5.91 Å². The number of ether oxygens (including phenoxy) is 1. The minimum Gasteiger partial charge on any atom is -0.490 e. The molecule has 5 heteroatoms. The molecule has 0 aliphatic carbocycles. The Morgan fingerprint density at radius 1 is 1.43 bits per heavy atom. The van der Waals surface area contributed by atoms with Crippen LogP contribution in [0, 0.1) is 5.92 Å². The van der Waals surface area contributed by atoms with Gasteiger partial charge in [-0.2, -0.15) is 0 Å². The summed E-state index contributed by atoms with van der Waals surface area (Å²) < 4.78 is 5.35. The molecular weight excluding hydrogens is 270 g/mol. The molecule has 2 rings (SSSR count). The lowest BCUT2D eigenvalue weighted by Crippen LogP contribution is -2.42. The number of amides is 1. The van der Waals surface area contributed by atoms with Crippen LogP contribution in [0.15, 0.2) is 36.9 Å². The number of nitrogens with zero attached hydrogens (tertiary/aromatic N) is 1. The highest BCUT2D eigenvalue weighted by Gasteiger charge is 2.39. The summed E-state index contributed by atoms with van der Waals surface area (Å²) in [5.74, 6) is -0.570. The largest absolute Gasteiger partial charge is 0.490 e. The van der Waals surface area contributed by atoms with E-state index in [1.807, 2.05) is 6.92 Å². The quantitative estimate of drug-likeness (QED) is 0.844. The average molecular weight is 289 g/mol. The summed E-state index contributed by atoms with van der Waals surface area (Å²) in [6, 6.07) is 5.97. The Morgan fingerprint density at radius 3 is 2.67 bits per heavy atom. The van der Waals surface area contributed by atoms with Gasteiger partial charge in [0.1, 0.15) is 18.4 Å². The topological polar surface area (TPSA) is 66.8 Å². The highest BCUT2D eigenvalue weighted by atomic mass is 16.5. The molecule has 1 saturated heterocycles. The van der Waals surface area contributed by atoms with Crippen LogP contribution in [0.4, 0.5) is 0 Å². The Balaban J connectivity index is 2.12. The lowest BCUT2D eigenvalue weighted by Gasteiger charge is -2.23. The normalized spacial score (nSPS) is 21.1. The van der Waals surface area contributed by atoms with Crippen molar-refractivity contribution in [3.63, 3.8) is 0 Å². The van der Waals surface area contributed by atoms with E-state index in [-0.39, 0.29) is 11.8 Å². The van der Waals surface area contributed by atoms with E-state index in [9.17, 15) is 14.7 Å². The standard InChI is InChI=1S/C16H19NO4/c1-3-10-21-13-6-4-12(5-7-13)15(18)17-9-8-11(2)14(17)16(19)20/h3-7,11,14H,1,8-10H2,2H3,(H,19,20). The SMILES string of the molecule is C=CCOc1ccc(C(=O)N2CCC(C)C2C(=O)O)cc1. The number of hydrogen-bond donors (Lipinski definition) is 1. The summed E-state index contributed by atoms with van der Waals surface area (Å²) in [5, 5.41) is 9.27. The molecule has 1 amide bonds. The first kappa shape index (κ1) is 15.1. The number of carbonyl (C=O) groups is 2. The second-order valence-electron chi connectivity index (χ2n) is 5.17. The van der Waals surface area contributed by atoms with Gasteiger partial charge in [0.15, 0.2) is 0 Å². The molecule has 0 bridgehead atoms. The summed E-state index contributed by atoms with van der Waals surface area (Å²) in [5.41, 5.74) is 0.473. The summed E-state index contributed by atoms with van der Waals surface area (Å²) in [7, 11) is 0. The van der Waals surface area contributed by atoms with Crippen molar-refractivity contribution >= 4 is 11.9 Å². The first-order valence-corrected chi connectivity index (χ1v) is 6.92. The van der Waals surface area contributed by atoms with E-state index < -0.39 is 12.0 Å². The molecule has 5 nitrogen and oxygen atoms in total. The van der Waals surface area contributed by atoms with Crippen molar-refractivity contribution in [3.8, 4) is 5.75 Å². The third-order valence-corrected chi connectivity index (χ3v) is 3.68. The van der Waals surface area contributed by atoms with E-state index in [0.717, 1.165) is 0 Å². The molecule has 1 heterocycles. The third-order valence-electron chi connectivity index (χ3n) is 3.68. The number of carboxylic acids is 1. The third kappa shape index (κ3) is 3.24. The Kier molecular flexibility index (Phi) is 4.62. The second-order valence-corrected chi connectivity index (χ2v) is 5.17. The number of benzene rings is 1. The van der Waals surface area contributed by atoms with Gasteiger partial charge in [0, 0.05) is 12.1 Å². The molecule has 1 aromatic carbocycles. The molecule has 2 atom stereocenters. The number of aliphatic carboxylic acids is 1. The van der Waals surface area contributed by atoms with Crippen LogP contribution in [0.1, 0.15) is 23.7 Å². The van der Waals surface area contributed by atoms with E-state index in [0.29, 0.717) is 30.9 Å². The maximum Gasteiger partial charge on any atom is 0.326 e. The van der Waals surface area contributed by atoms with Crippen molar-refractivity contribution in [3.05, 3.63) is 42.5 Å². The monoisotopic (exact) mass is 289 g/mol. The molecule has 112 valence electrons.